The summed E-state index contributed by atoms with van der Waals surface area (Å²) in [5, 5.41) is 62.7. The van der Waals surface area contributed by atoms with Gasteiger partial charge in [-0.1, -0.05) is 247 Å². The number of Topliss-reactive ketones (excluding diaryl/α,β-unsaturated/α-hetero) is 4. The lowest BCUT2D eigenvalue weighted by Crippen LogP contribution is -2.33. The molecule has 0 saturated heterocycles. The second kappa shape index (κ2) is 36.2. The quantitative estimate of drug-likeness (QED) is 0.0445. The Morgan fingerprint density at radius 3 is 1.55 bits per heavy atom. The van der Waals surface area contributed by atoms with Crippen LogP contribution in [0.4, 0.5) is 44.2 Å². The lowest BCUT2D eigenvalue weighted by Gasteiger charge is -2.31. The minimum Gasteiger partial charge on any atom is -0.871 e. The number of aliphatic hydroxyl groups excluding tert-OH is 2. The third-order valence-corrected chi connectivity index (χ3v) is 31.5. The van der Waals surface area contributed by atoms with E-state index in [9.17, 15) is 54.1 Å². The second-order valence-corrected chi connectivity index (χ2v) is 41.3. The number of fused-ring (bicyclic) bond motifs is 8. The Labute approximate surface area is 847 Å². The summed E-state index contributed by atoms with van der Waals surface area (Å²) in [5.41, 5.74) is 26.0. The summed E-state index contributed by atoms with van der Waals surface area (Å²) in [6.45, 7) is 20.0. The van der Waals surface area contributed by atoms with E-state index in [2.05, 4.69) is 145 Å². The van der Waals surface area contributed by atoms with Gasteiger partial charge in [0.25, 0.3) is 5.69 Å². The number of carbonyl (C=O) groups excluding carboxylic acids is 4. The maximum atomic E-state index is 14.2. The number of ketones is 4. The maximum Gasteiger partial charge on any atom is 0.270 e. The molecule has 2 aromatic heterocycles. The van der Waals surface area contributed by atoms with E-state index in [1.165, 1.54) is 67.6 Å². The van der Waals surface area contributed by atoms with Crippen LogP contribution >= 0.6 is 0 Å². The van der Waals surface area contributed by atoms with Crippen LogP contribution in [0.3, 0.4) is 0 Å². The van der Waals surface area contributed by atoms with Gasteiger partial charge in [0.1, 0.15) is 37.2 Å². The highest BCUT2D eigenvalue weighted by Gasteiger charge is 2.51. The third kappa shape index (κ3) is 15.4. The fourth-order valence-electron chi connectivity index (χ4n) is 23.6. The Balaban J connectivity index is 0.000000114. The predicted molar refractivity (Wildman–Crippen MR) is 574 cm³/mol. The standard InChI is InChI=1S/C33H30N2O3.C31H25N3O4.C31H32N2O2.C30H23FN2O2/c1-19-12-14-25-22(16-19)28(30(35(25)5)20-10-8-7-9-11-20)29-31(36)23(32(29)37)18-27-33(2,3)24-17-21(38-6)13-15-26(24)34(27)4;1-31(2)22-12-8-9-13-24(22)32(3)25(31)17-21-29(35)27(30(21)36)26-20-16-19(34(37)38)14-15-23(20)33(4)28(26)18-10-6-5-7-11-18;1-31(2)24-13-7-9-15-26(24)33(17-16-20-10-4-3-5-11-20)27(31)18-22-29(34)28(30(22)35)23-19-32-25-14-8-6-12-21(23)25;1-30(2)21-11-7-8-12-23(21)33(3)24(30)16-20-28(34)26(29(20)35)25-19-15-18(31)13-14-22(19)32-27(25)17-9-5-4-6-10-17/h7-18H,1-6H3;5-17H,1-4H3;6-9,12-15,18-20,34H,3-5,10-11,16-17H2,1-2H3;4-16,34H,1-3H3. The number of likely N-dealkylation sites (N-methyl/N-ethyl adjacent to an activating group) is 1. The summed E-state index contributed by atoms with van der Waals surface area (Å²) in [5.74, 6) is -0.343. The van der Waals surface area contributed by atoms with E-state index in [1.54, 1.807) is 43.7 Å². The second-order valence-electron chi connectivity index (χ2n) is 41.3. The van der Waals surface area contributed by atoms with Crippen molar-refractivity contribution in [3.8, 4) is 28.3 Å². The molecule has 5 aliphatic carbocycles. The average molecular weight is 1930 g/mol. The van der Waals surface area contributed by atoms with Gasteiger partial charge in [-0.3, -0.25) is 34.3 Å². The van der Waals surface area contributed by atoms with E-state index in [0.29, 0.717) is 61.4 Å². The summed E-state index contributed by atoms with van der Waals surface area (Å²) in [4.78, 5) is 79.0. The molecule has 20 nitrogen and oxygen atoms in total. The topological polar surface area (TPSA) is 254 Å². The number of ether oxygens (including phenoxy) is 1. The van der Waals surface area contributed by atoms with Crippen LogP contribution in [-0.2, 0) is 54.9 Å². The van der Waals surface area contributed by atoms with Gasteiger partial charge in [-0.15, -0.1) is 0 Å². The van der Waals surface area contributed by atoms with Crippen LogP contribution in [0.15, 0.2) is 363 Å². The van der Waals surface area contributed by atoms with Gasteiger partial charge >= 0.3 is 0 Å². The lowest BCUT2D eigenvalue weighted by atomic mass is 9.77. The number of hydrogen-bond acceptors (Lipinski definition) is 15. The molecule has 21 heteroatoms. The molecule has 2 N–H and O–H groups in total. The molecule has 11 aliphatic rings. The van der Waals surface area contributed by atoms with Gasteiger partial charge in [0.05, 0.1) is 73.6 Å². The van der Waals surface area contributed by atoms with Crippen molar-refractivity contribution in [2.24, 2.45) is 30.0 Å². The highest BCUT2D eigenvalue weighted by Crippen LogP contribution is 2.56. The van der Waals surface area contributed by atoms with Crippen LogP contribution in [0.1, 0.15) is 150 Å². The first-order valence-electron chi connectivity index (χ1n) is 49.5. The number of para-hydroxylation sites is 4. The molecule has 146 heavy (non-hydrogen) atoms. The number of halogens is 1. The number of nitrogens with zero attached hydrogens (tertiary/aromatic N) is 9. The SMILES string of the molecule is CC1(C)C(=CC2=C(O)C(=C3C=Nc4ccccc43)C2=O)N(CCC2CCCCC2)c2ccccc21.CN1C(=CC2=C(O)C(=C3C(c4ccccc4)=Nc4ccc(F)cc43)C2=O)C(C)(C)c2ccccc21.COc1ccc2c(c1)C(C)(C)C(C=C1C(=O)C(c3c(-c4ccccc4)n(C)c4ccc(C)cc34)=C1[O-])=[N+]2C.Cn1c(-c2ccccc2)c(C2=C([O-])C(=CC3=[N+](C)c4ccccc4C3(C)C)C2=O)c2cc([N+](=O)[O-])ccc21. The number of anilines is 2. The van der Waals surface area contributed by atoms with Gasteiger partial charge in [0.15, 0.2) is 23.0 Å². The number of allylic oxidation sites excluding steroid dienone is 16. The number of aliphatic hydroxyl groups is 2. The molecule has 0 spiro atoms. The largest absolute Gasteiger partial charge is 0.871 e. The van der Waals surface area contributed by atoms with E-state index >= 15 is 0 Å². The normalized spacial score (nSPS) is 20.0. The van der Waals surface area contributed by atoms with Gasteiger partial charge in [0.2, 0.25) is 22.9 Å². The highest BCUT2D eigenvalue weighted by molar-refractivity contribution is 6.45. The molecule has 1 fully saturated rings. The number of nitro groups is 1. The number of rotatable bonds is 14. The summed E-state index contributed by atoms with van der Waals surface area (Å²) in [6.07, 6.45) is 16.8. The number of aromatic nitrogens is 2. The van der Waals surface area contributed by atoms with Crippen molar-refractivity contribution < 1.29 is 62.8 Å². The number of non-ortho nitro benzene ring substituents is 1. The molecule has 0 radical (unpaired) electrons. The first-order valence-corrected chi connectivity index (χ1v) is 49.5. The molecule has 728 valence electrons. The van der Waals surface area contributed by atoms with Crippen molar-refractivity contribution in [1.82, 2.24) is 9.13 Å². The van der Waals surface area contributed by atoms with Crippen LogP contribution in [0.25, 0.3) is 66.6 Å². The molecule has 0 unspecified atom stereocenters. The third-order valence-electron chi connectivity index (χ3n) is 31.5. The molecule has 6 aliphatic heterocycles. The molecule has 8 heterocycles. The van der Waals surface area contributed by atoms with Crippen molar-refractivity contribution >= 4 is 130 Å². The zero-order chi connectivity index (χ0) is 102. The van der Waals surface area contributed by atoms with Crippen molar-refractivity contribution in [2.45, 2.75) is 122 Å². The Morgan fingerprint density at radius 1 is 0.486 bits per heavy atom. The van der Waals surface area contributed by atoms with E-state index in [1.807, 2.05) is 221 Å². The molecular weight excluding hydrogens is 1820 g/mol. The summed E-state index contributed by atoms with van der Waals surface area (Å²) in [7, 11) is 11.4. The summed E-state index contributed by atoms with van der Waals surface area (Å²) in [6, 6.07) is 82.4. The van der Waals surface area contributed by atoms with Crippen LogP contribution in [0, 0.1) is 28.8 Å². The van der Waals surface area contributed by atoms with Crippen LogP contribution in [0.5, 0.6) is 5.75 Å². The fraction of sp³-hybridized carbons (Fsp3) is 0.216. The molecule has 0 amide bonds. The number of benzene rings is 11. The van der Waals surface area contributed by atoms with Gasteiger partial charge in [-0.05, 0) is 148 Å². The Bertz CT molecular complexity index is 8400. The first-order chi connectivity index (χ1) is 70.0. The molecule has 1 saturated carbocycles. The minimum absolute atomic E-state index is 0.0674. The van der Waals surface area contributed by atoms with Crippen molar-refractivity contribution in [3.63, 3.8) is 0 Å². The summed E-state index contributed by atoms with van der Waals surface area (Å²) >= 11 is 0. The average Bonchev–Trinajstić information content (AvgIpc) is 1.54. The number of methoxy groups -OCH3 is 1. The Hall–Kier alpha value is -16.8. The molecule has 11 aromatic carbocycles. The minimum atomic E-state index is -0.467. The number of hydrogen-bond donors (Lipinski definition) is 2. The number of nitro benzene ring substituents is 1. The number of aryl methyl sites for hydroxylation is 3. The van der Waals surface area contributed by atoms with Crippen LogP contribution in [0.2, 0.25) is 0 Å². The van der Waals surface area contributed by atoms with Crippen molar-refractivity contribution in [3.05, 3.63) is 425 Å². The van der Waals surface area contributed by atoms with Gasteiger partial charge in [-0.2, -0.15) is 9.15 Å². The maximum absolute atomic E-state index is 14.2. The van der Waals surface area contributed by atoms with E-state index in [0.717, 1.165) is 137 Å². The smallest absolute Gasteiger partial charge is 0.270 e. The lowest BCUT2D eigenvalue weighted by molar-refractivity contribution is -0.401. The monoisotopic (exact) mass is 1930 g/mol. The van der Waals surface area contributed by atoms with Crippen LogP contribution in [-0.4, -0.2) is 115 Å². The predicted octanol–water partition coefficient (Wildman–Crippen LogP) is 24.1. The first kappa shape index (κ1) is 95.4. The Kier molecular flexibility index (Phi) is 23.7. The van der Waals surface area contributed by atoms with Crippen molar-refractivity contribution in [1.29, 1.82) is 0 Å². The molecule has 0 bridgehead atoms. The van der Waals surface area contributed by atoms with E-state index < -0.39 is 16.2 Å². The van der Waals surface area contributed by atoms with E-state index in [-0.39, 0.29) is 102 Å². The number of carbonyl (C=O) groups is 4. The molecule has 0 atom stereocenters. The molecule has 24 rings (SSSR count). The van der Waals surface area contributed by atoms with Crippen LogP contribution < -0.4 is 24.7 Å². The van der Waals surface area contributed by atoms with E-state index in [4.69, 9.17) is 4.74 Å². The Morgan fingerprint density at radius 2 is 0.986 bits per heavy atom. The molecular formula is C125H110FN9O11. The van der Waals surface area contributed by atoms with Crippen molar-refractivity contribution in [2.75, 3.05) is 44.6 Å². The zero-order valence-electron chi connectivity index (χ0n) is 84.2. The molecule has 13 aromatic rings. The summed E-state index contributed by atoms with van der Waals surface area (Å²) < 4.78 is 27.7. The highest BCUT2D eigenvalue weighted by atomic mass is 19.1. The van der Waals surface area contributed by atoms with Gasteiger partial charge in [-0.25, -0.2) is 9.38 Å². The zero-order valence-corrected chi connectivity index (χ0v) is 84.2. The van der Waals surface area contributed by atoms with Gasteiger partial charge < -0.3 is 44.1 Å². The fourth-order valence-corrected chi connectivity index (χ4v) is 23.6. The van der Waals surface area contributed by atoms with Gasteiger partial charge in [0, 0.05) is 198 Å². The number of aliphatic imine (C=N–C) groups is 2.